The molecule has 0 radical (unpaired) electrons. The van der Waals surface area contributed by atoms with Crippen LogP contribution in [0.15, 0.2) is 29.2 Å². The quantitative estimate of drug-likeness (QED) is 0.705. The summed E-state index contributed by atoms with van der Waals surface area (Å²) in [7, 11) is 0.0780. The molecule has 1 N–H and O–H groups in total. The van der Waals surface area contributed by atoms with Gasteiger partial charge in [-0.3, -0.25) is 0 Å². The lowest BCUT2D eigenvalue weighted by Gasteiger charge is -2.17. The minimum Gasteiger partial charge on any atom is -0.492 e. The van der Waals surface area contributed by atoms with E-state index in [1.54, 1.807) is 31.3 Å². The Bertz CT molecular complexity index is 486. The first-order valence-corrected chi connectivity index (χ1v) is 8.30. The molecule has 0 aliphatic carbocycles. The molecule has 20 heavy (non-hydrogen) atoms. The maximum Gasteiger partial charge on any atom is 0.242 e. The number of hydrogen-bond donors (Lipinski definition) is 1. The van der Waals surface area contributed by atoms with Gasteiger partial charge in [0, 0.05) is 20.1 Å². The van der Waals surface area contributed by atoms with Crippen LogP contribution in [0.1, 0.15) is 19.8 Å². The molecule has 0 atom stereocenters. The van der Waals surface area contributed by atoms with E-state index in [-0.39, 0.29) is 0 Å². The molecule has 0 saturated heterocycles. The predicted molar refractivity (Wildman–Crippen MR) is 80.6 cm³/mol. The van der Waals surface area contributed by atoms with Gasteiger partial charge in [-0.1, -0.05) is 13.3 Å². The number of likely N-dealkylation sites (N-methyl/N-ethyl adjacent to an activating group) is 1. The standard InChI is InChI=1S/C14H24N2O3S/c1-4-5-11-16(3)20(17,18)14-8-6-13(7-9-14)19-12-10-15-2/h6-9,15H,4-5,10-12H2,1-3H3. The maximum atomic E-state index is 12.3. The molecule has 0 saturated carbocycles. The van der Waals surface area contributed by atoms with Gasteiger partial charge in [-0.2, -0.15) is 0 Å². The lowest BCUT2D eigenvalue weighted by molar-refractivity contribution is 0.318. The predicted octanol–water partition coefficient (Wildman–Crippen LogP) is 1.71. The van der Waals surface area contributed by atoms with Gasteiger partial charge >= 0.3 is 0 Å². The van der Waals surface area contributed by atoms with Crippen LogP contribution in [0.25, 0.3) is 0 Å². The fraction of sp³-hybridized carbons (Fsp3) is 0.571. The third-order valence-electron chi connectivity index (χ3n) is 2.98. The SMILES string of the molecule is CCCCN(C)S(=O)(=O)c1ccc(OCCNC)cc1. The Hall–Kier alpha value is -1.11. The second-order valence-corrected chi connectivity index (χ2v) is 6.65. The fourth-order valence-corrected chi connectivity index (χ4v) is 2.87. The molecule has 6 heteroatoms. The van der Waals surface area contributed by atoms with Gasteiger partial charge in [-0.25, -0.2) is 12.7 Å². The molecule has 0 heterocycles. The monoisotopic (exact) mass is 300 g/mol. The highest BCUT2D eigenvalue weighted by Gasteiger charge is 2.19. The molecule has 0 aromatic heterocycles. The summed E-state index contributed by atoms with van der Waals surface area (Å²) in [6.45, 7) is 3.88. The van der Waals surface area contributed by atoms with E-state index in [4.69, 9.17) is 4.74 Å². The fourth-order valence-electron chi connectivity index (χ4n) is 1.66. The van der Waals surface area contributed by atoms with Gasteiger partial charge in [0.2, 0.25) is 10.0 Å². The zero-order chi connectivity index (χ0) is 15.0. The van der Waals surface area contributed by atoms with Crippen LogP contribution in [0.5, 0.6) is 5.75 Å². The Morgan fingerprint density at radius 2 is 1.90 bits per heavy atom. The molecule has 114 valence electrons. The van der Waals surface area contributed by atoms with Crippen molar-refractivity contribution in [2.45, 2.75) is 24.7 Å². The van der Waals surface area contributed by atoms with Crippen molar-refractivity contribution in [3.63, 3.8) is 0 Å². The highest BCUT2D eigenvalue weighted by Crippen LogP contribution is 2.19. The molecule has 0 aliphatic heterocycles. The summed E-state index contributed by atoms with van der Waals surface area (Å²) in [5, 5.41) is 2.98. The maximum absolute atomic E-state index is 12.3. The first-order valence-electron chi connectivity index (χ1n) is 6.86. The Morgan fingerprint density at radius 3 is 2.45 bits per heavy atom. The number of ether oxygens (including phenoxy) is 1. The normalized spacial score (nSPS) is 11.8. The van der Waals surface area contributed by atoms with Crippen LogP contribution in [0, 0.1) is 0 Å². The van der Waals surface area contributed by atoms with Crippen LogP contribution in [-0.2, 0) is 10.0 Å². The lowest BCUT2D eigenvalue weighted by atomic mass is 10.3. The van der Waals surface area contributed by atoms with Crippen molar-refractivity contribution in [3.05, 3.63) is 24.3 Å². The van der Waals surface area contributed by atoms with E-state index in [9.17, 15) is 8.42 Å². The molecule has 0 amide bonds. The summed E-state index contributed by atoms with van der Waals surface area (Å²) >= 11 is 0. The van der Waals surface area contributed by atoms with Crippen LogP contribution >= 0.6 is 0 Å². The van der Waals surface area contributed by atoms with Crippen LogP contribution in [-0.4, -0.2) is 46.5 Å². The summed E-state index contributed by atoms with van der Waals surface area (Å²) in [5.74, 6) is 0.676. The summed E-state index contributed by atoms with van der Waals surface area (Å²) in [6, 6.07) is 6.56. The van der Waals surface area contributed by atoms with Gasteiger partial charge in [-0.05, 0) is 37.7 Å². The van der Waals surface area contributed by atoms with Gasteiger partial charge in [0.25, 0.3) is 0 Å². The van der Waals surface area contributed by atoms with E-state index in [0.29, 0.717) is 23.8 Å². The molecule has 0 bridgehead atoms. The molecule has 5 nitrogen and oxygen atoms in total. The Labute approximate surface area is 122 Å². The van der Waals surface area contributed by atoms with E-state index < -0.39 is 10.0 Å². The lowest BCUT2D eigenvalue weighted by Crippen LogP contribution is -2.27. The topological polar surface area (TPSA) is 58.6 Å². The number of unbranched alkanes of at least 4 members (excludes halogenated alkanes) is 1. The second kappa shape index (κ2) is 8.24. The summed E-state index contributed by atoms with van der Waals surface area (Å²) in [4.78, 5) is 0.303. The molecule has 1 aromatic carbocycles. The first-order chi connectivity index (χ1) is 9.52. The molecule has 0 aliphatic rings. The van der Waals surface area contributed by atoms with E-state index in [2.05, 4.69) is 5.32 Å². The highest BCUT2D eigenvalue weighted by atomic mass is 32.2. The zero-order valence-corrected chi connectivity index (χ0v) is 13.2. The highest BCUT2D eigenvalue weighted by molar-refractivity contribution is 7.89. The molecule has 0 spiro atoms. The molecular weight excluding hydrogens is 276 g/mol. The van der Waals surface area contributed by atoms with E-state index in [1.807, 2.05) is 14.0 Å². The average molecular weight is 300 g/mol. The van der Waals surface area contributed by atoms with E-state index in [1.165, 1.54) is 4.31 Å². The third-order valence-corrected chi connectivity index (χ3v) is 4.85. The Morgan fingerprint density at radius 1 is 1.25 bits per heavy atom. The van der Waals surface area contributed by atoms with Crippen molar-refractivity contribution >= 4 is 10.0 Å². The van der Waals surface area contributed by atoms with E-state index in [0.717, 1.165) is 19.4 Å². The number of benzene rings is 1. The molecule has 0 fully saturated rings. The largest absolute Gasteiger partial charge is 0.492 e. The second-order valence-electron chi connectivity index (χ2n) is 4.60. The van der Waals surface area contributed by atoms with Crippen molar-refractivity contribution in [2.75, 3.05) is 33.8 Å². The van der Waals surface area contributed by atoms with E-state index >= 15 is 0 Å². The summed E-state index contributed by atoms with van der Waals surface area (Å²) < 4.78 is 31.4. The summed E-state index contributed by atoms with van der Waals surface area (Å²) in [6.07, 6.45) is 1.83. The minimum atomic E-state index is -3.39. The van der Waals surface area contributed by atoms with Crippen molar-refractivity contribution < 1.29 is 13.2 Å². The Balaban J connectivity index is 2.71. The number of rotatable bonds is 9. The number of hydrogen-bond acceptors (Lipinski definition) is 4. The van der Waals surface area contributed by atoms with Crippen molar-refractivity contribution in [1.82, 2.24) is 9.62 Å². The average Bonchev–Trinajstić information content (AvgIpc) is 2.45. The van der Waals surface area contributed by atoms with Crippen LogP contribution in [0.2, 0.25) is 0 Å². The number of sulfonamides is 1. The van der Waals surface area contributed by atoms with Gasteiger partial charge in [-0.15, -0.1) is 0 Å². The molecule has 1 aromatic rings. The number of nitrogens with one attached hydrogen (secondary N) is 1. The third kappa shape index (κ3) is 4.77. The Kier molecular flexibility index (Phi) is 6.98. The van der Waals surface area contributed by atoms with Gasteiger partial charge in [0.05, 0.1) is 4.90 Å². The molecular formula is C14H24N2O3S. The van der Waals surface area contributed by atoms with Crippen molar-refractivity contribution in [2.24, 2.45) is 0 Å². The van der Waals surface area contributed by atoms with Crippen molar-refractivity contribution in [1.29, 1.82) is 0 Å². The van der Waals surface area contributed by atoms with Crippen molar-refractivity contribution in [3.8, 4) is 5.75 Å². The van der Waals surface area contributed by atoms with Gasteiger partial charge in [0.1, 0.15) is 12.4 Å². The van der Waals surface area contributed by atoms with Gasteiger partial charge in [0.15, 0.2) is 0 Å². The zero-order valence-electron chi connectivity index (χ0n) is 12.4. The summed E-state index contributed by atoms with van der Waals surface area (Å²) in [5.41, 5.74) is 0. The minimum absolute atomic E-state index is 0.303. The van der Waals surface area contributed by atoms with Gasteiger partial charge < -0.3 is 10.1 Å². The number of nitrogens with zero attached hydrogens (tertiary/aromatic N) is 1. The van der Waals surface area contributed by atoms with Crippen LogP contribution < -0.4 is 10.1 Å². The smallest absolute Gasteiger partial charge is 0.242 e. The van der Waals surface area contributed by atoms with Crippen LogP contribution in [0.4, 0.5) is 0 Å². The first kappa shape index (κ1) is 16.9. The molecule has 0 unspecified atom stereocenters. The van der Waals surface area contributed by atoms with Crippen LogP contribution in [0.3, 0.4) is 0 Å². The molecule has 1 rings (SSSR count).